The van der Waals surface area contributed by atoms with Gasteiger partial charge in [-0.05, 0) is 38.5 Å². The zero-order valence-electron chi connectivity index (χ0n) is 9.82. The van der Waals surface area contributed by atoms with E-state index in [0.29, 0.717) is 18.4 Å². The summed E-state index contributed by atoms with van der Waals surface area (Å²) >= 11 is 0. The number of nitrogens with zero attached hydrogens (tertiary/aromatic N) is 1. The van der Waals surface area contributed by atoms with Crippen molar-refractivity contribution in [3.63, 3.8) is 0 Å². The summed E-state index contributed by atoms with van der Waals surface area (Å²) in [6, 6.07) is 0. The molecule has 0 aromatic carbocycles. The van der Waals surface area contributed by atoms with Gasteiger partial charge in [-0.3, -0.25) is 4.99 Å². The second-order valence-corrected chi connectivity index (χ2v) is 4.28. The van der Waals surface area contributed by atoms with E-state index >= 15 is 0 Å². The first kappa shape index (κ1) is 11.2. The Morgan fingerprint density at radius 3 is 2.94 bits per heavy atom. The van der Waals surface area contributed by atoms with Gasteiger partial charge in [0, 0.05) is 17.8 Å². The smallest absolute Gasteiger partial charge is 0.354 e. The van der Waals surface area contributed by atoms with E-state index in [1.54, 1.807) is 6.92 Å². The number of hydrogen-bond acceptors (Lipinski definition) is 4. The Balaban J connectivity index is 2.25. The van der Waals surface area contributed by atoms with Crippen molar-refractivity contribution in [2.24, 2.45) is 22.6 Å². The van der Waals surface area contributed by atoms with E-state index in [4.69, 9.17) is 10.5 Å². The largest absolute Gasteiger partial charge is 0.461 e. The van der Waals surface area contributed by atoms with E-state index in [9.17, 15) is 4.79 Å². The molecule has 2 unspecified atom stereocenters. The molecule has 2 rings (SSSR count). The molecule has 2 N–H and O–H groups in total. The Morgan fingerprint density at radius 2 is 2.31 bits per heavy atom. The molecular weight excluding hydrogens is 204 g/mol. The average Bonchev–Trinajstić information content (AvgIpc) is 2.91. The van der Waals surface area contributed by atoms with E-state index in [0.717, 1.165) is 30.7 Å². The molecule has 2 saturated carbocycles. The molecule has 0 aromatic heterocycles. The molecule has 0 saturated heterocycles. The highest BCUT2D eigenvalue weighted by atomic mass is 16.5. The zero-order valence-corrected chi connectivity index (χ0v) is 9.82. The highest BCUT2D eigenvalue weighted by molar-refractivity contribution is 6.09. The molecule has 0 aromatic rings. The lowest BCUT2D eigenvalue weighted by Crippen LogP contribution is -2.20. The van der Waals surface area contributed by atoms with Gasteiger partial charge in [0.2, 0.25) is 0 Å². The number of carbonyl (C=O) groups excluding carboxylic acids is 1. The predicted molar refractivity (Wildman–Crippen MR) is 62.0 cm³/mol. The van der Waals surface area contributed by atoms with Crippen LogP contribution in [0.2, 0.25) is 0 Å². The van der Waals surface area contributed by atoms with Gasteiger partial charge in [-0.25, -0.2) is 4.79 Å². The summed E-state index contributed by atoms with van der Waals surface area (Å²) < 4.78 is 4.93. The number of fused-ring (bicyclic) bond motifs is 1. The van der Waals surface area contributed by atoms with E-state index in [2.05, 4.69) is 4.99 Å². The molecule has 88 valence electrons. The van der Waals surface area contributed by atoms with E-state index in [1.807, 2.05) is 6.92 Å². The molecule has 2 aliphatic rings. The number of carbonyl (C=O) groups is 1. The van der Waals surface area contributed by atoms with Crippen LogP contribution in [0.15, 0.2) is 16.3 Å². The van der Waals surface area contributed by atoms with E-state index < -0.39 is 5.97 Å². The van der Waals surface area contributed by atoms with Crippen LogP contribution in [0, 0.1) is 11.8 Å². The third kappa shape index (κ3) is 1.84. The fraction of sp³-hybridized carbons (Fsp3) is 0.667. The first-order chi connectivity index (χ1) is 7.69. The van der Waals surface area contributed by atoms with Crippen molar-refractivity contribution >= 4 is 11.7 Å². The quantitative estimate of drug-likeness (QED) is 0.577. The highest BCUT2D eigenvalue weighted by Crippen LogP contribution is 2.54. The van der Waals surface area contributed by atoms with Crippen molar-refractivity contribution in [1.82, 2.24) is 0 Å². The fourth-order valence-corrected chi connectivity index (χ4v) is 2.41. The second kappa shape index (κ2) is 4.28. The third-order valence-electron chi connectivity index (χ3n) is 3.19. The molecule has 0 bridgehead atoms. The molecule has 16 heavy (non-hydrogen) atoms. The fourth-order valence-electron chi connectivity index (χ4n) is 2.41. The third-order valence-corrected chi connectivity index (χ3v) is 3.19. The molecule has 4 heteroatoms. The molecule has 0 heterocycles. The van der Waals surface area contributed by atoms with Gasteiger partial charge < -0.3 is 10.5 Å². The van der Waals surface area contributed by atoms with Gasteiger partial charge in [0.1, 0.15) is 5.70 Å². The van der Waals surface area contributed by atoms with Gasteiger partial charge in [-0.2, -0.15) is 0 Å². The van der Waals surface area contributed by atoms with Crippen molar-refractivity contribution in [2.45, 2.75) is 26.7 Å². The molecule has 0 radical (unpaired) electrons. The van der Waals surface area contributed by atoms with Gasteiger partial charge in [-0.1, -0.05) is 0 Å². The number of nitrogens with two attached hydrogens (primary N) is 1. The Morgan fingerprint density at radius 1 is 1.56 bits per heavy atom. The molecule has 2 aliphatic carbocycles. The lowest BCUT2D eigenvalue weighted by molar-refractivity contribution is -0.138. The maximum atomic E-state index is 11.6. The zero-order chi connectivity index (χ0) is 11.7. The van der Waals surface area contributed by atoms with Crippen molar-refractivity contribution < 1.29 is 9.53 Å². The molecule has 2 atom stereocenters. The van der Waals surface area contributed by atoms with Crippen LogP contribution >= 0.6 is 0 Å². The Hall–Kier alpha value is -1.32. The van der Waals surface area contributed by atoms with Gasteiger partial charge >= 0.3 is 5.97 Å². The SMILES string of the molecule is CCN=C1CC2CC2/C1=C(/N)C(=O)OCC. The van der Waals surface area contributed by atoms with Gasteiger partial charge in [-0.15, -0.1) is 0 Å². The van der Waals surface area contributed by atoms with E-state index in [-0.39, 0.29) is 5.70 Å². The monoisotopic (exact) mass is 222 g/mol. The molecule has 4 nitrogen and oxygen atoms in total. The summed E-state index contributed by atoms with van der Waals surface area (Å²) in [7, 11) is 0. The lowest BCUT2D eigenvalue weighted by Gasteiger charge is -2.08. The minimum Gasteiger partial charge on any atom is -0.461 e. The van der Waals surface area contributed by atoms with Gasteiger partial charge in [0.15, 0.2) is 0 Å². The first-order valence-electron chi connectivity index (χ1n) is 5.89. The van der Waals surface area contributed by atoms with Crippen LogP contribution in [0.5, 0.6) is 0 Å². The summed E-state index contributed by atoms with van der Waals surface area (Å²) in [5.41, 5.74) is 8.13. The van der Waals surface area contributed by atoms with Crippen LogP contribution in [0.3, 0.4) is 0 Å². The normalized spacial score (nSPS) is 32.5. The van der Waals surface area contributed by atoms with Crippen LogP contribution in [0.1, 0.15) is 26.7 Å². The number of hydrogen-bond donors (Lipinski definition) is 1. The van der Waals surface area contributed by atoms with Crippen LogP contribution in [-0.4, -0.2) is 24.8 Å². The highest BCUT2D eigenvalue weighted by Gasteiger charge is 2.50. The Kier molecular flexibility index (Phi) is 2.99. The predicted octanol–water partition coefficient (Wildman–Crippen LogP) is 1.26. The van der Waals surface area contributed by atoms with Crippen LogP contribution in [0.4, 0.5) is 0 Å². The summed E-state index contributed by atoms with van der Waals surface area (Å²) in [5, 5.41) is 0. The number of rotatable bonds is 3. The maximum absolute atomic E-state index is 11.6. The summed E-state index contributed by atoms with van der Waals surface area (Å²) in [6.07, 6.45) is 2.13. The van der Waals surface area contributed by atoms with Crippen molar-refractivity contribution in [2.75, 3.05) is 13.2 Å². The van der Waals surface area contributed by atoms with Gasteiger partial charge in [0.25, 0.3) is 0 Å². The Labute approximate surface area is 95.6 Å². The Bertz CT molecular complexity index is 371. The minimum absolute atomic E-state index is 0.277. The minimum atomic E-state index is -0.395. The van der Waals surface area contributed by atoms with E-state index in [1.165, 1.54) is 0 Å². The summed E-state index contributed by atoms with van der Waals surface area (Å²) in [5.74, 6) is 0.747. The van der Waals surface area contributed by atoms with Crippen molar-refractivity contribution in [3.05, 3.63) is 11.3 Å². The number of ether oxygens (including phenoxy) is 1. The van der Waals surface area contributed by atoms with Crippen molar-refractivity contribution in [1.29, 1.82) is 0 Å². The molecule has 0 aliphatic heterocycles. The standard InChI is InChI=1S/C12H18N2O2/c1-3-14-9-6-7-5-8(7)10(9)11(13)12(15)16-4-2/h7-8H,3-6,13H2,1-2H3/b11-10-,14-9?. The molecule has 2 fully saturated rings. The molecule has 0 spiro atoms. The summed E-state index contributed by atoms with van der Waals surface area (Å²) in [4.78, 5) is 16.0. The van der Waals surface area contributed by atoms with Crippen LogP contribution in [0.25, 0.3) is 0 Å². The average molecular weight is 222 g/mol. The summed E-state index contributed by atoms with van der Waals surface area (Å²) in [6.45, 7) is 4.89. The molecular formula is C12H18N2O2. The van der Waals surface area contributed by atoms with Gasteiger partial charge in [0.05, 0.1) is 6.61 Å². The lowest BCUT2D eigenvalue weighted by atomic mass is 10.1. The van der Waals surface area contributed by atoms with Crippen LogP contribution in [-0.2, 0) is 9.53 Å². The number of allylic oxidation sites excluding steroid dienone is 1. The second-order valence-electron chi connectivity index (χ2n) is 4.28. The first-order valence-corrected chi connectivity index (χ1v) is 5.89. The maximum Gasteiger partial charge on any atom is 0.354 e. The topological polar surface area (TPSA) is 64.7 Å². The number of esters is 1. The molecule has 0 amide bonds. The van der Waals surface area contributed by atoms with Crippen LogP contribution < -0.4 is 5.73 Å². The number of aliphatic imine (C=N–C) groups is 1. The van der Waals surface area contributed by atoms with Crippen molar-refractivity contribution in [3.8, 4) is 0 Å².